The lowest BCUT2D eigenvalue weighted by Gasteiger charge is -2.06. The largest absolute Gasteiger partial charge is 0.462 e. The molecule has 0 heterocycles. The van der Waals surface area contributed by atoms with Crippen LogP contribution in [0.3, 0.4) is 0 Å². The Labute approximate surface area is 158 Å². The summed E-state index contributed by atoms with van der Waals surface area (Å²) in [7, 11) is 0. The molecule has 0 spiro atoms. The minimum atomic E-state index is -0.614. The van der Waals surface area contributed by atoms with Crippen molar-refractivity contribution in [3.63, 3.8) is 0 Å². The van der Waals surface area contributed by atoms with E-state index in [1.807, 2.05) is 6.07 Å². The highest BCUT2D eigenvalue weighted by Gasteiger charge is 2.11. The minimum Gasteiger partial charge on any atom is -0.462 e. The summed E-state index contributed by atoms with van der Waals surface area (Å²) in [6, 6.07) is 12.1. The standard InChI is InChI=1S/C19H14BrFN2O3/c1-2-26-19(25)13-4-6-15(7-5-13)23-18(24)14(11-22)9-12-3-8-17(21)16(20)10-12/h3-10H,2H2,1H3,(H,23,24)/b14-9+. The molecule has 0 saturated heterocycles. The molecule has 0 atom stereocenters. The van der Waals surface area contributed by atoms with Gasteiger partial charge in [-0.05, 0) is 70.9 Å². The quantitative estimate of drug-likeness (QED) is 0.447. The first kappa shape index (κ1) is 19.3. The first-order valence-corrected chi connectivity index (χ1v) is 8.39. The Balaban J connectivity index is 2.14. The Hall–Kier alpha value is -2.98. The number of anilines is 1. The van der Waals surface area contributed by atoms with E-state index in [1.165, 1.54) is 48.5 Å². The number of hydrogen-bond donors (Lipinski definition) is 1. The summed E-state index contributed by atoms with van der Waals surface area (Å²) in [5.74, 6) is -1.51. The van der Waals surface area contributed by atoms with Crippen LogP contribution in [0.5, 0.6) is 0 Å². The fourth-order valence-corrected chi connectivity index (χ4v) is 2.42. The van der Waals surface area contributed by atoms with Crippen molar-refractivity contribution >= 4 is 39.6 Å². The Kier molecular flexibility index (Phi) is 6.64. The van der Waals surface area contributed by atoms with Gasteiger partial charge in [-0.2, -0.15) is 5.26 Å². The maximum atomic E-state index is 13.3. The van der Waals surface area contributed by atoms with Gasteiger partial charge in [-0.15, -0.1) is 0 Å². The van der Waals surface area contributed by atoms with Crippen molar-refractivity contribution in [2.24, 2.45) is 0 Å². The number of carbonyl (C=O) groups excluding carboxylic acids is 2. The van der Waals surface area contributed by atoms with Crippen molar-refractivity contribution in [2.75, 3.05) is 11.9 Å². The molecule has 0 radical (unpaired) electrons. The van der Waals surface area contributed by atoms with Gasteiger partial charge in [0.15, 0.2) is 0 Å². The van der Waals surface area contributed by atoms with Crippen LogP contribution in [0.15, 0.2) is 52.5 Å². The number of nitrogens with zero attached hydrogens (tertiary/aromatic N) is 1. The number of nitriles is 1. The zero-order valence-electron chi connectivity index (χ0n) is 13.8. The Morgan fingerprint density at radius 2 is 1.96 bits per heavy atom. The smallest absolute Gasteiger partial charge is 0.338 e. The van der Waals surface area contributed by atoms with E-state index >= 15 is 0 Å². The normalized spacial score (nSPS) is 10.8. The second-order valence-corrected chi connectivity index (χ2v) is 5.95. The Morgan fingerprint density at radius 3 is 2.54 bits per heavy atom. The number of halogens is 2. The van der Waals surface area contributed by atoms with Gasteiger partial charge in [0.2, 0.25) is 0 Å². The zero-order valence-corrected chi connectivity index (χ0v) is 15.3. The summed E-state index contributed by atoms with van der Waals surface area (Å²) in [5.41, 5.74) is 1.14. The van der Waals surface area contributed by atoms with Crippen LogP contribution in [-0.4, -0.2) is 18.5 Å². The molecule has 1 N–H and O–H groups in total. The monoisotopic (exact) mass is 416 g/mol. The van der Waals surface area contributed by atoms with E-state index in [9.17, 15) is 19.2 Å². The third-order valence-electron chi connectivity index (χ3n) is 3.27. The molecule has 1 amide bonds. The minimum absolute atomic E-state index is 0.141. The summed E-state index contributed by atoms with van der Waals surface area (Å²) < 4.78 is 18.4. The lowest BCUT2D eigenvalue weighted by Crippen LogP contribution is -2.13. The lowest BCUT2D eigenvalue weighted by atomic mass is 10.1. The molecule has 2 aromatic rings. The number of benzene rings is 2. The summed E-state index contributed by atoms with van der Waals surface area (Å²) in [5, 5.41) is 11.8. The maximum absolute atomic E-state index is 13.3. The molecule has 0 aliphatic carbocycles. The first-order chi connectivity index (χ1) is 12.4. The molecule has 0 aromatic heterocycles. The molecule has 5 nitrogen and oxygen atoms in total. The number of nitrogens with one attached hydrogen (secondary N) is 1. The van der Waals surface area contributed by atoms with Gasteiger partial charge < -0.3 is 10.1 Å². The summed E-state index contributed by atoms with van der Waals surface area (Å²) in [6.45, 7) is 1.98. The topological polar surface area (TPSA) is 79.2 Å². The van der Waals surface area contributed by atoms with Crippen molar-refractivity contribution in [3.05, 3.63) is 69.5 Å². The Morgan fingerprint density at radius 1 is 1.27 bits per heavy atom. The van der Waals surface area contributed by atoms with E-state index < -0.39 is 17.7 Å². The van der Waals surface area contributed by atoms with Crippen LogP contribution in [0.25, 0.3) is 6.08 Å². The molecule has 0 bridgehead atoms. The number of rotatable bonds is 5. The molecule has 2 rings (SSSR count). The molecular formula is C19H14BrFN2O3. The Bertz CT molecular complexity index is 902. The molecule has 0 fully saturated rings. The second kappa shape index (κ2) is 8.92. The first-order valence-electron chi connectivity index (χ1n) is 7.60. The molecule has 0 aliphatic heterocycles. The number of esters is 1. The van der Waals surface area contributed by atoms with Crippen molar-refractivity contribution in [1.29, 1.82) is 5.26 Å². The van der Waals surface area contributed by atoms with Crippen molar-refractivity contribution in [2.45, 2.75) is 6.92 Å². The highest BCUT2D eigenvalue weighted by atomic mass is 79.9. The predicted octanol–water partition coefficient (Wildman–Crippen LogP) is 4.31. The molecule has 26 heavy (non-hydrogen) atoms. The van der Waals surface area contributed by atoms with Crippen LogP contribution in [0.2, 0.25) is 0 Å². The molecule has 132 valence electrons. The molecule has 0 saturated carbocycles. The van der Waals surface area contributed by atoms with Crippen LogP contribution < -0.4 is 5.32 Å². The van der Waals surface area contributed by atoms with Gasteiger partial charge in [-0.25, -0.2) is 9.18 Å². The van der Waals surface area contributed by atoms with E-state index in [2.05, 4.69) is 21.2 Å². The number of hydrogen-bond acceptors (Lipinski definition) is 4. The van der Waals surface area contributed by atoms with Crippen molar-refractivity contribution in [3.8, 4) is 6.07 Å². The summed E-state index contributed by atoms with van der Waals surface area (Å²) >= 11 is 3.05. The highest BCUT2D eigenvalue weighted by Crippen LogP contribution is 2.19. The van der Waals surface area contributed by atoms with Crippen LogP contribution >= 0.6 is 15.9 Å². The van der Waals surface area contributed by atoms with Gasteiger partial charge in [0, 0.05) is 5.69 Å². The number of ether oxygens (including phenoxy) is 1. The predicted molar refractivity (Wildman–Crippen MR) is 98.7 cm³/mol. The van der Waals surface area contributed by atoms with Crippen molar-refractivity contribution in [1.82, 2.24) is 0 Å². The van der Waals surface area contributed by atoms with Crippen LogP contribution in [-0.2, 0) is 9.53 Å². The van der Waals surface area contributed by atoms with E-state index in [4.69, 9.17) is 4.74 Å². The molecule has 2 aromatic carbocycles. The zero-order chi connectivity index (χ0) is 19.1. The van der Waals surface area contributed by atoms with Gasteiger partial charge in [0.25, 0.3) is 5.91 Å². The van der Waals surface area contributed by atoms with Gasteiger partial charge in [-0.3, -0.25) is 4.79 Å². The third-order valence-corrected chi connectivity index (χ3v) is 3.88. The van der Waals surface area contributed by atoms with Gasteiger partial charge in [-0.1, -0.05) is 6.07 Å². The second-order valence-electron chi connectivity index (χ2n) is 5.10. The molecule has 7 heteroatoms. The summed E-state index contributed by atoms with van der Waals surface area (Å²) in [6.07, 6.45) is 1.35. The van der Waals surface area contributed by atoms with Crippen LogP contribution in [0, 0.1) is 17.1 Å². The summed E-state index contributed by atoms with van der Waals surface area (Å²) in [4.78, 5) is 23.8. The van der Waals surface area contributed by atoms with Crippen LogP contribution in [0.4, 0.5) is 10.1 Å². The fourth-order valence-electron chi connectivity index (χ4n) is 2.02. The number of amides is 1. The number of carbonyl (C=O) groups is 2. The average Bonchev–Trinajstić information content (AvgIpc) is 2.63. The van der Waals surface area contributed by atoms with Crippen molar-refractivity contribution < 1.29 is 18.7 Å². The highest BCUT2D eigenvalue weighted by molar-refractivity contribution is 9.10. The molecule has 0 unspecified atom stereocenters. The molecular weight excluding hydrogens is 403 g/mol. The van der Waals surface area contributed by atoms with Gasteiger partial charge in [0.1, 0.15) is 17.5 Å². The third kappa shape index (κ3) is 5.01. The van der Waals surface area contributed by atoms with Gasteiger partial charge in [0.05, 0.1) is 16.6 Å². The lowest BCUT2D eigenvalue weighted by molar-refractivity contribution is -0.112. The van der Waals surface area contributed by atoms with Gasteiger partial charge >= 0.3 is 5.97 Å². The fraction of sp³-hybridized carbons (Fsp3) is 0.105. The van der Waals surface area contributed by atoms with E-state index in [1.54, 1.807) is 6.92 Å². The average molecular weight is 417 g/mol. The van der Waals surface area contributed by atoms with E-state index in [0.717, 1.165) is 0 Å². The van der Waals surface area contributed by atoms with E-state index in [-0.39, 0.29) is 16.7 Å². The van der Waals surface area contributed by atoms with E-state index in [0.29, 0.717) is 16.8 Å². The molecule has 0 aliphatic rings. The van der Waals surface area contributed by atoms with Crippen LogP contribution in [0.1, 0.15) is 22.8 Å². The SMILES string of the molecule is CCOC(=O)c1ccc(NC(=O)/C(C#N)=C/c2ccc(F)c(Br)c2)cc1. The maximum Gasteiger partial charge on any atom is 0.338 e.